The number of nitrogens with zero attached hydrogens (tertiary/aromatic N) is 1. The van der Waals surface area contributed by atoms with Crippen molar-refractivity contribution in [2.45, 2.75) is 23.8 Å². The predicted octanol–water partition coefficient (Wildman–Crippen LogP) is 0.414. The number of rotatable bonds is 3. The molecule has 1 heterocycles. The molecule has 0 radical (unpaired) electrons. The highest BCUT2D eigenvalue weighted by molar-refractivity contribution is 7.89. The number of aliphatic hydroxyl groups is 1. The number of aliphatic hydroxyl groups excluding tert-OH is 1. The van der Waals surface area contributed by atoms with Crippen LogP contribution < -0.4 is 5.73 Å². The Morgan fingerprint density at radius 2 is 2.00 bits per heavy atom. The van der Waals surface area contributed by atoms with Crippen molar-refractivity contribution in [3.05, 3.63) is 24.3 Å². The van der Waals surface area contributed by atoms with E-state index in [9.17, 15) is 8.42 Å². The van der Waals surface area contributed by atoms with Crippen molar-refractivity contribution < 1.29 is 13.5 Å². The van der Waals surface area contributed by atoms with E-state index in [0.29, 0.717) is 18.7 Å². The lowest BCUT2D eigenvalue weighted by molar-refractivity contribution is 0.213. The largest absolute Gasteiger partial charge is 0.399 e. The second-order valence-electron chi connectivity index (χ2n) is 4.16. The van der Waals surface area contributed by atoms with Crippen LogP contribution in [0.25, 0.3) is 0 Å². The standard InChI is InChI=1S/C11H16N2O3S/c12-9-3-5-11(6-4-9)17(15,16)13-7-1-2-10(13)8-14/h3-6,10,14H,1-2,7-8,12H2. The molecule has 6 heteroatoms. The first-order valence-electron chi connectivity index (χ1n) is 5.54. The van der Waals surface area contributed by atoms with Crippen LogP contribution in [0, 0.1) is 0 Å². The average molecular weight is 256 g/mol. The molecule has 0 aromatic heterocycles. The third-order valence-corrected chi connectivity index (χ3v) is 4.99. The van der Waals surface area contributed by atoms with Gasteiger partial charge in [-0.3, -0.25) is 0 Å². The van der Waals surface area contributed by atoms with Gasteiger partial charge in [0.25, 0.3) is 0 Å². The zero-order valence-corrected chi connectivity index (χ0v) is 10.2. The number of benzene rings is 1. The molecule has 1 aromatic carbocycles. The molecule has 0 aliphatic carbocycles. The number of anilines is 1. The van der Waals surface area contributed by atoms with E-state index in [4.69, 9.17) is 10.8 Å². The fraction of sp³-hybridized carbons (Fsp3) is 0.455. The molecule has 5 nitrogen and oxygen atoms in total. The van der Waals surface area contributed by atoms with Crippen molar-refractivity contribution >= 4 is 15.7 Å². The minimum atomic E-state index is -3.50. The minimum Gasteiger partial charge on any atom is -0.399 e. The maximum Gasteiger partial charge on any atom is 0.243 e. The van der Waals surface area contributed by atoms with Crippen molar-refractivity contribution in [3.8, 4) is 0 Å². The van der Waals surface area contributed by atoms with Crippen molar-refractivity contribution in [2.24, 2.45) is 0 Å². The molecule has 1 unspecified atom stereocenters. The van der Waals surface area contributed by atoms with E-state index in [1.54, 1.807) is 12.1 Å². The maximum absolute atomic E-state index is 12.3. The Balaban J connectivity index is 2.33. The van der Waals surface area contributed by atoms with Gasteiger partial charge in [-0.15, -0.1) is 0 Å². The van der Waals surface area contributed by atoms with Crippen LogP contribution in [0.3, 0.4) is 0 Å². The zero-order chi connectivity index (χ0) is 12.5. The summed E-state index contributed by atoms with van der Waals surface area (Å²) in [7, 11) is -3.50. The summed E-state index contributed by atoms with van der Waals surface area (Å²) in [6.07, 6.45) is 1.50. The summed E-state index contributed by atoms with van der Waals surface area (Å²) in [5.41, 5.74) is 6.06. The van der Waals surface area contributed by atoms with E-state index in [1.165, 1.54) is 16.4 Å². The quantitative estimate of drug-likeness (QED) is 0.767. The second kappa shape index (κ2) is 4.64. The van der Waals surface area contributed by atoms with Crippen molar-refractivity contribution in [1.29, 1.82) is 0 Å². The van der Waals surface area contributed by atoms with Gasteiger partial charge in [0, 0.05) is 18.3 Å². The summed E-state index contributed by atoms with van der Waals surface area (Å²) >= 11 is 0. The first-order chi connectivity index (χ1) is 8.05. The van der Waals surface area contributed by atoms with Crippen LogP contribution in [0.1, 0.15) is 12.8 Å². The Bertz CT molecular complexity index is 484. The summed E-state index contributed by atoms with van der Waals surface area (Å²) in [6.45, 7) is 0.339. The molecule has 1 saturated heterocycles. The van der Waals surface area contributed by atoms with Gasteiger partial charge in [0.05, 0.1) is 11.5 Å². The summed E-state index contributed by atoms with van der Waals surface area (Å²) in [4.78, 5) is 0.229. The lowest BCUT2D eigenvalue weighted by atomic mass is 10.2. The average Bonchev–Trinajstić information content (AvgIpc) is 2.78. The molecular weight excluding hydrogens is 240 g/mol. The van der Waals surface area contributed by atoms with Gasteiger partial charge >= 0.3 is 0 Å². The molecule has 1 aromatic rings. The molecular formula is C11H16N2O3S. The molecule has 1 aliphatic rings. The normalized spacial score (nSPS) is 21.8. The van der Waals surface area contributed by atoms with Gasteiger partial charge in [0.15, 0.2) is 0 Å². The van der Waals surface area contributed by atoms with Crippen LogP contribution in [0.15, 0.2) is 29.2 Å². The lowest BCUT2D eigenvalue weighted by Crippen LogP contribution is -2.37. The van der Waals surface area contributed by atoms with E-state index in [2.05, 4.69) is 0 Å². The van der Waals surface area contributed by atoms with Crippen LogP contribution in [0.5, 0.6) is 0 Å². The highest BCUT2D eigenvalue weighted by Gasteiger charge is 2.34. The molecule has 2 rings (SSSR count). The van der Waals surface area contributed by atoms with Gasteiger partial charge in [-0.25, -0.2) is 8.42 Å². The van der Waals surface area contributed by atoms with Crippen molar-refractivity contribution in [2.75, 3.05) is 18.9 Å². The van der Waals surface area contributed by atoms with Crippen LogP contribution in [0.4, 0.5) is 5.69 Å². The number of hydrogen-bond donors (Lipinski definition) is 2. The molecule has 0 amide bonds. The lowest BCUT2D eigenvalue weighted by Gasteiger charge is -2.22. The van der Waals surface area contributed by atoms with Crippen molar-refractivity contribution in [1.82, 2.24) is 4.31 Å². The van der Waals surface area contributed by atoms with E-state index in [1.807, 2.05) is 0 Å². The third-order valence-electron chi connectivity index (χ3n) is 3.02. The van der Waals surface area contributed by atoms with E-state index in [-0.39, 0.29) is 17.5 Å². The predicted molar refractivity (Wildman–Crippen MR) is 64.9 cm³/mol. The highest BCUT2D eigenvalue weighted by atomic mass is 32.2. The molecule has 94 valence electrons. The molecule has 0 bridgehead atoms. The summed E-state index contributed by atoms with van der Waals surface area (Å²) < 4.78 is 26.0. The van der Waals surface area contributed by atoms with Gasteiger partial charge in [-0.05, 0) is 37.1 Å². The van der Waals surface area contributed by atoms with Gasteiger partial charge in [-0.1, -0.05) is 0 Å². The molecule has 0 saturated carbocycles. The molecule has 1 aliphatic heterocycles. The molecule has 3 N–H and O–H groups in total. The highest BCUT2D eigenvalue weighted by Crippen LogP contribution is 2.26. The Morgan fingerprint density at radius 3 is 2.59 bits per heavy atom. The minimum absolute atomic E-state index is 0.131. The zero-order valence-electron chi connectivity index (χ0n) is 9.41. The van der Waals surface area contributed by atoms with Gasteiger partial charge in [-0.2, -0.15) is 4.31 Å². The van der Waals surface area contributed by atoms with E-state index < -0.39 is 10.0 Å². The van der Waals surface area contributed by atoms with Gasteiger partial charge in [0.1, 0.15) is 0 Å². The topological polar surface area (TPSA) is 83.6 Å². The molecule has 17 heavy (non-hydrogen) atoms. The van der Waals surface area contributed by atoms with Gasteiger partial charge in [0.2, 0.25) is 10.0 Å². The Labute approximate surface area is 101 Å². The first kappa shape index (κ1) is 12.3. The first-order valence-corrected chi connectivity index (χ1v) is 6.98. The molecule has 1 fully saturated rings. The third kappa shape index (κ3) is 2.29. The summed E-state index contributed by atoms with van der Waals surface area (Å²) in [5.74, 6) is 0. The van der Waals surface area contributed by atoms with Gasteiger partial charge < -0.3 is 10.8 Å². The fourth-order valence-corrected chi connectivity index (χ4v) is 3.77. The number of nitrogens with two attached hydrogens (primary N) is 1. The summed E-state index contributed by atoms with van der Waals surface area (Å²) in [5, 5.41) is 9.16. The fourth-order valence-electron chi connectivity index (χ4n) is 2.08. The number of nitrogen functional groups attached to an aromatic ring is 1. The number of hydrogen-bond acceptors (Lipinski definition) is 4. The Morgan fingerprint density at radius 1 is 1.35 bits per heavy atom. The van der Waals surface area contributed by atoms with Crippen LogP contribution in [-0.4, -0.2) is 37.0 Å². The van der Waals surface area contributed by atoms with Crippen LogP contribution >= 0.6 is 0 Å². The monoisotopic (exact) mass is 256 g/mol. The molecule has 1 atom stereocenters. The Hall–Kier alpha value is -1.11. The Kier molecular flexibility index (Phi) is 3.37. The second-order valence-corrected chi connectivity index (χ2v) is 6.05. The SMILES string of the molecule is Nc1ccc(S(=O)(=O)N2CCCC2CO)cc1. The molecule has 0 spiro atoms. The van der Waals surface area contributed by atoms with Crippen molar-refractivity contribution in [3.63, 3.8) is 0 Å². The van der Waals surface area contributed by atoms with E-state index >= 15 is 0 Å². The van der Waals surface area contributed by atoms with Crippen LogP contribution in [0.2, 0.25) is 0 Å². The maximum atomic E-state index is 12.3. The summed E-state index contributed by atoms with van der Waals surface area (Å²) in [6, 6.07) is 5.83. The number of sulfonamides is 1. The van der Waals surface area contributed by atoms with Crippen LogP contribution in [-0.2, 0) is 10.0 Å². The van der Waals surface area contributed by atoms with E-state index in [0.717, 1.165) is 6.42 Å². The smallest absolute Gasteiger partial charge is 0.243 e.